The molecule has 2 aromatic carbocycles. The van der Waals surface area contributed by atoms with E-state index in [1.54, 1.807) is 0 Å². The molecule has 2 amide bonds. The molecule has 2 N–H and O–H groups in total. The minimum absolute atomic E-state index is 0.0557. The van der Waals surface area contributed by atoms with Gasteiger partial charge in [-0.05, 0) is 29.2 Å². The van der Waals surface area contributed by atoms with E-state index >= 15 is 0 Å². The molecule has 1 saturated carbocycles. The van der Waals surface area contributed by atoms with E-state index in [4.69, 9.17) is 0 Å². The SMILES string of the molecule is O=C(Cc1cccc2ccccc12)NCC(=O)NC1CCCC1. The van der Waals surface area contributed by atoms with Crippen LogP contribution in [0.25, 0.3) is 10.8 Å². The summed E-state index contributed by atoms with van der Waals surface area (Å²) < 4.78 is 0. The van der Waals surface area contributed by atoms with Crippen molar-refractivity contribution in [2.45, 2.75) is 38.1 Å². The van der Waals surface area contributed by atoms with Crippen LogP contribution < -0.4 is 10.6 Å². The molecule has 0 bridgehead atoms. The van der Waals surface area contributed by atoms with E-state index in [1.807, 2.05) is 42.5 Å². The van der Waals surface area contributed by atoms with Gasteiger partial charge in [-0.15, -0.1) is 0 Å². The number of nitrogens with one attached hydrogen (secondary N) is 2. The Bertz CT molecular complexity index is 700. The minimum atomic E-state index is -0.122. The van der Waals surface area contributed by atoms with Gasteiger partial charge < -0.3 is 10.6 Å². The number of hydrogen-bond acceptors (Lipinski definition) is 2. The van der Waals surface area contributed by atoms with Crippen LogP contribution in [0.4, 0.5) is 0 Å². The highest BCUT2D eigenvalue weighted by atomic mass is 16.2. The number of rotatable bonds is 5. The van der Waals surface area contributed by atoms with Gasteiger partial charge in [0.05, 0.1) is 13.0 Å². The average Bonchev–Trinajstić information content (AvgIpc) is 3.06. The highest BCUT2D eigenvalue weighted by Crippen LogP contribution is 2.19. The highest BCUT2D eigenvalue weighted by molar-refractivity contribution is 5.91. The summed E-state index contributed by atoms with van der Waals surface area (Å²) in [5.41, 5.74) is 0.983. The predicted molar refractivity (Wildman–Crippen MR) is 91.1 cm³/mol. The van der Waals surface area contributed by atoms with Crippen molar-refractivity contribution in [1.82, 2.24) is 10.6 Å². The van der Waals surface area contributed by atoms with E-state index in [-0.39, 0.29) is 30.8 Å². The number of hydrogen-bond donors (Lipinski definition) is 2. The van der Waals surface area contributed by atoms with E-state index in [9.17, 15) is 9.59 Å². The molecule has 0 atom stereocenters. The molecule has 120 valence electrons. The van der Waals surface area contributed by atoms with Crippen molar-refractivity contribution in [3.63, 3.8) is 0 Å². The fourth-order valence-electron chi connectivity index (χ4n) is 3.21. The zero-order chi connectivity index (χ0) is 16.1. The Morgan fingerprint density at radius 3 is 2.52 bits per heavy atom. The molecular formula is C19H22N2O2. The molecule has 1 aliphatic rings. The Hall–Kier alpha value is -2.36. The Labute approximate surface area is 136 Å². The molecule has 0 radical (unpaired) electrons. The summed E-state index contributed by atoms with van der Waals surface area (Å²) in [6, 6.07) is 14.2. The molecule has 0 aliphatic heterocycles. The van der Waals surface area contributed by atoms with Crippen molar-refractivity contribution in [1.29, 1.82) is 0 Å². The third-order valence-electron chi connectivity index (χ3n) is 4.40. The number of fused-ring (bicyclic) bond motifs is 1. The van der Waals surface area contributed by atoms with E-state index in [0.717, 1.165) is 29.2 Å². The quantitative estimate of drug-likeness (QED) is 0.891. The maximum atomic E-state index is 12.1. The summed E-state index contributed by atoms with van der Waals surface area (Å²) in [6.45, 7) is 0.0557. The van der Waals surface area contributed by atoms with Crippen molar-refractivity contribution in [2.24, 2.45) is 0 Å². The third kappa shape index (κ3) is 4.09. The van der Waals surface area contributed by atoms with Gasteiger partial charge in [-0.3, -0.25) is 9.59 Å². The topological polar surface area (TPSA) is 58.2 Å². The van der Waals surface area contributed by atoms with Crippen molar-refractivity contribution in [3.8, 4) is 0 Å². The zero-order valence-corrected chi connectivity index (χ0v) is 13.2. The van der Waals surface area contributed by atoms with Crippen LogP contribution in [0.3, 0.4) is 0 Å². The summed E-state index contributed by atoms with van der Waals surface area (Å²) in [5, 5.41) is 7.90. The second-order valence-corrected chi connectivity index (χ2v) is 6.14. The first kappa shape index (κ1) is 15.5. The lowest BCUT2D eigenvalue weighted by Gasteiger charge is -2.12. The molecule has 3 rings (SSSR count). The number of benzene rings is 2. The molecule has 0 unspecified atom stereocenters. The Kier molecular flexibility index (Phi) is 4.91. The first-order chi connectivity index (χ1) is 11.2. The first-order valence-electron chi connectivity index (χ1n) is 8.25. The van der Waals surface area contributed by atoms with Gasteiger partial charge in [0.1, 0.15) is 0 Å². The predicted octanol–water partition coefficient (Wildman–Crippen LogP) is 2.56. The second kappa shape index (κ2) is 7.27. The Morgan fingerprint density at radius 2 is 1.70 bits per heavy atom. The number of carbonyl (C=O) groups excluding carboxylic acids is 2. The average molecular weight is 310 g/mol. The van der Waals surface area contributed by atoms with Gasteiger partial charge in [0.25, 0.3) is 0 Å². The van der Waals surface area contributed by atoms with Gasteiger partial charge in [0.2, 0.25) is 11.8 Å². The summed E-state index contributed by atoms with van der Waals surface area (Å²) >= 11 is 0. The van der Waals surface area contributed by atoms with E-state index < -0.39 is 0 Å². The van der Waals surface area contributed by atoms with Crippen LogP contribution in [-0.4, -0.2) is 24.4 Å². The molecule has 23 heavy (non-hydrogen) atoms. The lowest BCUT2D eigenvalue weighted by molar-refractivity contribution is -0.126. The van der Waals surface area contributed by atoms with Crippen molar-refractivity contribution >= 4 is 22.6 Å². The summed E-state index contributed by atoms with van der Waals surface area (Å²) in [7, 11) is 0. The maximum Gasteiger partial charge on any atom is 0.239 e. The first-order valence-corrected chi connectivity index (χ1v) is 8.25. The van der Waals surface area contributed by atoms with Gasteiger partial charge in [-0.25, -0.2) is 0 Å². The standard InChI is InChI=1S/C19H22N2O2/c22-18(20-13-19(23)21-16-9-2-3-10-16)12-15-8-5-7-14-6-1-4-11-17(14)15/h1,4-8,11,16H,2-3,9-10,12-13H2,(H,20,22)(H,21,23). The summed E-state index contributed by atoms with van der Waals surface area (Å²) in [5.74, 6) is -0.217. The molecule has 4 nitrogen and oxygen atoms in total. The lowest BCUT2D eigenvalue weighted by atomic mass is 10.0. The Balaban J connectivity index is 1.53. The van der Waals surface area contributed by atoms with Gasteiger partial charge in [0.15, 0.2) is 0 Å². The van der Waals surface area contributed by atoms with Gasteiger partial charge in [-0.1, -0.05) is 55.3 Å². The molecule has 1 fully saturated rings. The van der Waals surface area contributed by atoms with Crippen LogP contribution in [0.15, 0.2) is 42.5 Å². The smallest absolute Gasteiger partial charge is 0.239 e. The normalized spacial score (nSPS) is 14.8. The van der Waals surface area contributed by atoms with Crippen LogP contribution >= 0.6 is 0 Å². The molecule has 0 heterocycles. The lowest BCUT2D eigenvalue weighted by Crippen LogP contribution is -2.41. The second-order valence-electron chi connectivity index (χ2n) is 6.14. The third-order valence-corrected chi connectivity index (χ3v) is 4.40. The molecule has 0 spiro atoms. The monoisotopic (exact) mass is 310 g/mol. The number of amides is 2. The van der Waals surface area contributed by atoms with Gasteiger partial charge >= 0.3 is 0 Å². The molecule has 0 saturated heterocycles. The fraction of sp³-hybridized carbons (Fsp3) is 0.368. The highest BCUT2D eigenvalue weighted by Gasteiger charge is 2.17. The van der Waals surface area contributed by atoms with E-state index in [2.05, 4.69) is 10.6 Å². The van der Waals surface area contributed by atoms with Crippen molar-refractivity contribution < 1.29 is 9.59 Å². The van der Waals surface area contributed by atoms with Gasteiger partial charge in [-0.2, -0.15) is 0 Å². The maximum absolute atomic E-state index is 12.1. The zero-order valence-electron chi connectivity index (χ0n) is 13.2. The van der Waals surface area contributed by atoms with E-state index in [1.165, 1.54) is 12.8 Å². The molecule has 1 aliphatic carbocycles. The van der Waals surface area contributed by atoms with Crippen LogP contribution in [0.1, 0.15) is 31.2 Å². The molecule has 0 aromatic heterocycles. The van der Waals surface area contributed by atoms with Crippen LogP contribution in [0.2, 0.25) is 0 Å². The van der Waals surface area contributed by atoms with E-state index in [0.29, 0.717) is 0 Å². The summed E-state index contributed by atoms with van der Waals surface area (Å²) in [6.07, 6.45) is 4.75. The largest absolute Gasteiger partial charge is 0.352 e. The minimum Gasteiger partial charge on any atom is -0.352 e. The molecule has 2 aromatic rings. The fourth-order valence-corrected chi connectivity index (χ4v) is 3.21. The molecular weight excluding hydrogens is 288 g/mol. The van der Waals surface area contributed by atoms with Crippen LogP contribution in [-0.2, 0) is 16.0 Å². The number of carbonyl (C=O) groups is 2. The summed E-state index contributed by atoms with van der Waals surface area (Å²) in [4.78, 5) is 23.9. The van der Waals surface area contributed by atoms with Crippen LogP contribution in [0.5, 0.6) is 0 Å². The Morgan fingerprint density at radius 1 is 0.957 bits per heavy atom. The van der Waals surface area contributed by atoms with Crippen molar-refractivity contribution in [2.75, 3.05) is 6.54 Å². The molecule has 4 heteroatoms. The van der Waals surface area contributed by atoms with Gasteiger partial charge in [0, 0.05) is 6.04 Å². The van der Waals surface area contributed by atoms with Crippen molar-refractivity contribution in [3.05, 3.63) is 48.0 Å². The van der Waals surface area contributed by atoms with Crippen LogP contribution in [0, 0.1) is 0 Å².